The quantitative estimate of drug-likeness (QED) is 0.885. The van der Waals surface area contributed by atoms with Crippen molar-refractivity contribution in [3.8, 4) is 0 Å². The van der Waals surface area contributed by atoms with Gasteiger partial charge in [0.25, 0.3) is 5.91 Å². The first-order chi connectivity index (χ1) is 10.0. The van der Waals surface area contributed by atoms with E-state index in [0.29, 0.717) is 5.56 Å². The van der Waals surface area contributed by atoms with Gasteiger partial charge in [0, 0.05) is 31.0 Å². The van der Waals surface area contributed by atoms with Gasteiger partial charge < -0.3 is 10.6 Å². The van der Waals surface area contributed by atoms with E-state index in [1.807, 2.05) is 33.9 Å². The zero-order valence-electron chi connectivity index (χ0n) is 12.9. The summed E-state index contributed by atoms with van der Waals surface area (Å²) in [5.74, 6) is 0.576. The Kier molecular flexibility index (Phi) is 4.57. The maximum Gasteiger partial charge on any atom is 0.255 e. The van der Waals surface area contributed by atoms with Crippen molar-refractivity contribution in [1.82, 2.24) is 14.8 Å². The molecule has 0 aliphatic rings. The van der Waals surface area contributed by atoms with Gasteiger partial charge in [-0.05, 0) is 32.4 Å². The second-order valence-electron chi connectivity index (χ2n) is 4.87. The highest BCUT2D eigenvalue weighted by molar-refractivity contribution is 6.05. The number of carbonyl (C=O) groups is 1. The molecule has 112 valence electrons. The lowest BCUT2D eigenvalue weighted by Gasteiger charge is -2.09. The number of hydrogen-bond acceptors (Lipinski definition) is 4. The van der Waals surface area contributed by atoms with Crippen LogP contribution >= 0.6 is 0 Å². The van der Waals surface area contributed by atoms with Crippen LogP contribution in [0, 0.1) is 6.92 Å². The third kappa shape index (κ3) is 3.59. The second kappa shape index (κ2) is 6.39. The van der Waals surface area contributed by atoms with Crippen LogP contribution in [0.15, 0.2) is 18.3 Å². The van der Waals surface area contributed by atoms with Gasteiger partial charge in [0.15, 0.2) is 0 Å². The fourth-order valence-electron chi connectivity index (χ4n) is 2.09. The first kappa shape index (κ1) is 15.0. The Morgan fingerprint density at radius 1 is 1.33 bits per heavy atom. The number of aryl methyl sites for hydroxylation is 3. The molecule has 0 saturated heterocycles. The first-order valence-corrected chi connectivity index (χ1v) is 7.10. The maximum absolute atomic E-state index is 12.4. The van der Waals surface area contributed by atoms with Crippen molar-refractivity contribution >= 4 is 17.4 Å². The molecule has 2 heterocycles. The molecular weight excluding hydrogens is 266 g/mol. The van der Waals surface area contributed by atoms with Gasteiger partial charge in [-0.3, -0.25) is 9.48 Å². The Bertz CT molecular complexity index is 648. The molecule has 0 unspecified atom stereocenters. The third-order valence-corrected chi connectivity index (χ3v) is 3.12. The van der Waals surface area contributed by atoms with E-state index >= 15 is 0 Å². The van der Waals surface area contributed by atoms with Gasteiger partial charge in [-0.2, -0.15) is 5.10 Å². The Labute approximate surface area is 124 Å². The molecule has 6 heteroatoms. The van der Waals surface area contributed by atoms with Gasteiger partial charge in [-0.15, -0.1) is 0 Å². The van der Waals surface area contributed by atoms with Crippen LogP contribution in [0.2, 0.25) is 0 Å². The fraction of sp³-hybridized carbons (Fsp3) is 0.400. The zero-order chi connectivity index (χ0) is 15.4. The number of anilines is 2. The van der Waals surface area contributed by atoms with E-state index < -0.39 is 0 Å². The predicted octanol–water partition coefficient (Wildman–Crippen LogP) is 2.37. The van der Waals surface area contributed by atoms with Crippen LogP contribution in [0.4, 0.5) is 11.5 Å². The number of rotatable bonds is 5. The van der Waals surface area contributed by atoms with E-state index in [-0.39, 0.29) is 5.91 Å². The van der Waals surface area contributed by atoms with Crippen LogP contribution in [-0.4, -0.2) is 27.2 Å². The lowest BCUT2D eigenvalue weighted by molar-refractivity contribution is 0.102. The largest absolute Gasteiger partial charge is 0.370 e. The minimum Gasteiger partial charge on any atom is -0.370 e. The SMILES string of the molecule is CCNc1cc(C(=O)Nc2cn(C)nc2C)cc(CC)n1. The summed E-state index contributed by atoms with van der Waals surface area (Å²) < 4.78 is 1.68. The summed E-state index contributed by atoms with van der Waals surface area (Å²) in [6.45, 7) is 6.65. The molecule has 0 spiro atoms. The molecule has 2 N–H and O–H groups in total. The number of amides is 1. The van der Waals surface area contributed by atoms with E-state index in [9.17, 15) is 4.79 Å². The van der Waals surface area contributed by atoms with Crippen LogP contribution in [0.25, 0.3) is 0 Å². The molecule has 2 aromatic rings. The summed E-state index contributed by atoms with van der Waals surface area (Å²) in [7, 11) is 1.83. The first-order valence-electron chi connectivity index (χ1n) is 7.10. The van der Waals surface area contributed by atoms with Crippen LogP contribution in [0.1, 0.15) is 35.6 Å². The van der Waals surface area contributed by atoms with Crippen molar-refractivity contribution in [1.29, 1.82) is 0 Å². The molecule has 0 saturated carbocycles. The van der Waals surface area contributed by atoms with E-state index in [2.05, 4.69) is 20.7 Å². The molecule has 0 bridgehead atoms. The summed E-state index contributed by atoms with van der Waals surface area (Å²) in [6, 6.07) is 3.59. The molecule has 2 aromatic heterocycles. The predicted molar refractivity (Wildman–Crippen MR) is 83.7 cm³/mol. The lowest BCUT2D eigenvalue weighted by atomic mass is 10.1. The molecule has 0 atom stereocenters. The number of carbonyl (C=O) groups excluding carboxylic acids is 1. The topological polar surface area (TPSA) is 71.8 Å². The van der Waals surface area contributed by atoms with Gasteiger partial charge in [-0.25, -0.2) is 4.98 Å². The molecule has 0 aliphatic heterocycles. The van der Waals surface area contributed by atoms with Crippen molar-refractivity contribution in [3.05, 3.63) is 35.3 Å². The lowest BCUT2D eigenvalue weighted by Crippen LogP contribution is -2.14. The minimum atomic E-state index is -0.151. The summed E-state index contributed by atoms with van der Waals surface area (Å²) in [5.41, 5.74) is 3.01. The summed E-state index contributed by atoms with van der Waals surface area (Å²) >= 11 is 0. The number of nitrogens with zero attached hydrogens (tertiary/aromatic N) is 3. The van der Waals surface area contributed by atoms with Crippen LogP contribution in [0.3, 0.4) is 0 Å². The normalized spacial score (nSPS) is 10.5. The second-order valence-corrected chi connectivity index (χ2v) is 4.87. The number of aromatic nitrogens is 3. The molecule has 6 nitrogen and oxygen atoms in total. The van der Waals surface area contributed by atoms with Gasteiger partial charge in [-0.1, -0.05) is 6.92 Å². The zero-order valence-corrected chi connectivity index (χ0v) is 12.9. The molecule has 1 amide bonds. The van der Waals surface area contributed by atoms with Crippen molar-refractivity contribution < 1.29 is 4.79 Å². The van der Waals surface area contributed by atoms with E-state index in [4.69, 9.17) is 0 Å². The molecule has 0 aliphatic carbocycles. The monoisotopic (exact) mass is 287 g/mol. The average Bonchev–Trinajstić information content (AvgIpc) is 2.76. The van der Waals surface area contributed by atoms with Gasteiger partial charge >= 0.3 is 0 Å². The number of pyridine rings is 1. The standard InChI is InChI=1S/C15H21N5O/c1-5-12-7-11(8-14(17-12)16-6-2)15(21)18-13-9-20(4)19-10(13)3/h7-9H,5-6H2,1-4H3,(H,16,17)(H,18,21). The molecule has 0 fully saturated rings. The highest BCUT2D eigenvalue weighted by Crippen LogP contribution is 2.16. The van der Waals surface area contributed by atoms with Gasteiger partial charge in [0.05, 0.1) is 11.4 Å². The Morgan fingerprint density at radius 2 is 2.10 bits per heavy atom. The van der Waals surface area contributed by atoms with Crippen LogP contribution < -0.4 is 10.6 Å². The fourth-order valence-corrected chi connectivity index (χ4v) is 2.09. The average molecular weight is 287 g/mol. The molecular formula is C15H21N5O. The Morgan fingerprint density at radius 3 is 2.67 bits per heavy atom. The number of hydrogen-bond donors (Lipinski definition) is 2. The van der Waals surface area contributed by atoms with Crippen molar-refractivity contribution in [2.75, 3.05) is 17.2 Å². The molecule has 0 radical (unpaired) electrons. The molecule has 21 heavy (non-hydrogen) atoms. The molecule has 0 aromatic carbocycles. The van der Waals surface area contributed by atoms with Crippen molar-refractivity contribution in [2.24, 2.45) is 7.05 Å². The van der Waals surface area contributed by atoms with Gasteiger partial charge in [0.2, 0.25) is 0 Å². The minimum absolute atomic E-state index is 0.151. The van der Waals surface area contributed by atoms with E-state index in [0.717, 1.165) is 35.9 Å². The Hall–Kier alpha value is -2.37. The van der Waals surface area contributed by atoms with Crippen LogP contribution in [-0.2, 0) is 13.5 Å². The van der Waals surface area contributed by atoms with Crippen molar-refractivity contribution in [2.45, 2.75) is 27.2 Å². The molecule has 2 rings (SSSR count). The summed E-state index contributed by atoms with van der Waals surface area (Å²) in [5, 5.41) is 10.3. The summed E-state index contributed by atoms with van der Waals surface area (Å²) in [6.07, 6.45) is 2.58. The smallest absolute Gasteiger partial charge is 0.255 e. The van der Waals surface area contributed by atoms with Gasteiger partial charge in [0.1, 0.15) is 5.82 Å². The summed E-state index contributed by atoms with van der Waals surface area (Å²) in [4.78, 5) is 16.8. The maximum atomic E-state index is 12.4. The van der Waals surface area contributed by atoms with Crippen LogP contribution in [0.5, 0.6) is 0 Å². The highest BCUT2D eigenvalue weighted by atomic mass is 16.1. The third-order valence-electron chi connectivity index (χ3n) is 3.12. The van der Waals surface area contributed by atoms with Crippen molar-refractivity contribution in [3.63, 3.8) is 0 Å². The number of nitrogens with one attached hydrogen (secondary N) is 2. The highest BCUT2D eigenvalue weighted by Gasteiger charge is 2.12. The van der Waals surface area contributed by atoms with E-state index in [1.54, 1.807) is 16.9 Å². The van der Waals surface area contributed by atoms with E-state index in [1.165, 1.54) is 0 Å². The Balaban J connectivity index is 2.25.